The van der Waals surface area contributed by atoms with Crippen LogP contribution in [0.3, 0.4) is 0 Å². The third-order valence-corrected chi connectivity index (χ3v) is 5.48. The number of amides is 1. The molecule has 0 fully saturated rings. The number of nitrogens with one attached hydrogen (secondary N) is 1. The van der Waals surface area contributed by atoms with Crippen LogP contribution in [0, 0.1) is 0 Å². The van der Waals surface area contributed by atoms with Gasteiger partial charge in [0.1, 0.15) is 17.4 Å². The van der Waals surface area contributed by atoms with Gasteiger partial charge < -0.3 is 14.8 Å². The molecule has 2 heterocycles. The predicted octanol–water partition coefficient (Wildman–Crippen LogP) is 3.33. The van der Waals surface area contributed by atoms with Crippen LogP contribution in [0.15, 0.2) is 66.2 Å². The molecular weight excluding hydrogens is 442 g/mol. The first kappa shape index (κ1) is 22.2. The minimum atomic E-state index is -0.585. The van der Waals surface area contributed by atoms with Gasteiger partial charge in [0.15, 0.2) is 5.69 Å². The van der Waals surface area contributed by atoms with Crippen molar-refractivity contribution >= 4 is 28.9 Å². The molecule has 1 amide bonds. The second-order valence-electron chi connectivity index (χ2n) is 7.02. The van der Waals surface area contributed by atoms with Crippen LogP contribution >= 0.6 is 11.3 Å². The summed E-state index contributed by atoms with van der Waals surface area (Å²) in [6, 6.07) is 16.9. The van der Waals surface area contributed by atoms with Crippen LogP contribution in [0.5, 0.6) is 5.75 Å². The van der Waals surface area contributed by atoms with Crippen LogP contribution in [0.4, 0.5) is 5.69 Å². The molecule has 33 heavy (non-hydrogen) atoms. The highest BCUT2D eigenvalue weighted by Crippen LogP contribution is 2.23. The molecule has 4 aromatic rings. The van der Waals surface area contributed by atoms with Gasteiger partial charge in [-0.1, -0.05) is 47.7 Å². The van der Waals surface area contributed by atoms with Crippen molar-refractivity contribution in [3.63, 3.8) is 0 Å². The Labute approximate surface area is 194 Å². The standard InChI is InChI=1S/C23H21N5O4S/c1-31-20-10-6-5-9-18(20)25-21(29)11-22-24-17(15-33-22)14-32-23(30)19-13-28(27-26-19)12-16-7-3-2-4-8-16/h2-10,13,15H,11-12,14H2,1H3,(H,25,29). The Morgan fingerprint density at radius 1 is 1.09 bits per heavy atom. The van der Waals surface area contributed by atoms with Gasteiger partial charge in [-0.15, -0.1) is 16.4 Å². The zero-order valence-corrected chi connectivity index (χ0v) is 18.6. The number of hydrogen-bond donors (Lipinski definition) is 1. The SMILES string of the molecule is COc1ccccc1NC(=O)Cc1nc(COC(=O)c2cn(Cc3ccccc3)nn2)cs1. The molecule has 0 bridgehead atoms. The van der Waals surface area contributed by atoms with Crippen molar-refractivity contribution in [2.75, 3.05) is 12.4 Å². The summed E-state index contributed by atoms with van der Waals surface area (Å²) >= 11 is 1.32. The lowest BCUT2D eigenvalue weighted by Gasteiger charge is -2.08. The van der Waals surface area contributed by atoms with Crippen molar-refractivity contribution in [2.45, 2.75) is 19.6 Å². The van der Waals surface area contributed by atoms with Gasteiger partial charge in [-0.05, 0) is 17.7 Å². The number of anilines is 1. The Kier molecular flexibility index (Phi) is 7.06. The summed E-state index contributed by atoms with van der Waals surface area (Å²) in [4.78, 5) is 29.0. The number of carbonyl (C=O) groups excluding carboxylic acids is 2. The number of benzene rings is 2. The lowest BCUT2D eigenvalue weighted by Crippen LogP contribution is -2.15. The predicted molar refractivity (Wildman–Crippen MR) is 122 cm³/mol. The zero-order chi connectivity index (χ0) is 23.0. The van der Waals surface area contributed by atoms with Crippen molar-refractivity contribution in [1.29, 1.82) is 0 Å². The number of nitrogens with zero attached hydrogens (tertiary/aromatic N) is 4. The van der Waals surface area contributed by atoms with Crippen LogP contribution in [0.2, 0.25) is 0 Å². The minimum Gasteiger partial charge on any atom is -0.495 e. The average molecular weight is 464 g/mol. The fourth-order valence-electron chi connectivity index (χ4n) is 3.03. The highest BCUT2D eigenvalue weighted by molar-refractivity contribution is 7.09. The second-order valence-corrected chi connectivity index (χ2v) is 7.96. The van der Waals surface area contributed by atoms with Gasteiger partial charge in [0, 0.05) is 5.38 Å². The summed E-state index contributed by atoms with van der Waals surface area (Å²) < 4.78 is 12.1. The molecule has 0 unspecified atom stereocenters. The third-order valence-electron chi connectivity index (χ3n) is 4.58. The molecule has 0 aliphatic carbocycles. The number of methoxy groups -OCH3 is 1. The maximum atomic E-state index is 12.3. The molecule has 0 atom stereocenters. The van der Waals surface area contributed by atoms with Gasteiger partial charge >= 0.3 is 5.97 Å². The zero-order valence-electron chi connectivity index (χ0n) is 17.8. The molecule has 2 aromatic carbocycles. The number of carbonyl (C=O) groups is 2. The monoisotopic (exact) mass is 463 g/mol. The second kappa shape index (κ2) is 10.5. The van der Waals surface area contributed by atoms with E-state index in [0.29, 0.717) is 28.7 Å². The highest BCUT2D eigenvalue weighted by Gasteiger charge is 2.15. The van der Waals surface area contributed by atoms with Gasteiger partial charge in [-0.2, -0.15) is 0 Å². The molecule has 2 aromatic heterocycles. The largest absolute Gasteiger partial charge is 0.495 e. The molecule has 0 radical (unpaired) electrons. The maximum absolute atomic E-state index is 12.3. The average Bonchev–Trinajstić information content (AvgIpc) is 3.48. The van der Waals surface area contributed by atoms with Crippen LogP contribution in [0.1, 0.15) is 26.8 Å². The summed E-state index contributed by atoms with van der Waals surface area (Å²) in [7, 11) is 1.54. The Balaban J connectivity index is 1.27. The van der Waals surface area contributed by atoms with Crippen LogP contribution < -0.4 is 10.1 Å². The number of thiazole rings is 1. The van der Waals surface area contributed by atoms with Gasteiger partial charge in [0.25, 0.3) is 0 Å². The molecule has 9 nitrogen and oxygen atoms in total. The van der Waals surface area contributed by atoms with Gasteiger partial charge in [0.2, 0.25) is 5.91 Å². The van der Waals surface area contributed by atoms with E-state index in [4.69, 9.17) is 9.47 Å². The van der Waals surface area contributed by atoms with E-state index in [1.807, 2.05) is 42.5 Å². The van der Waals surface area contributed by atoms with Crippen LogP contribution in [-0.4, -0.2) is 39.0 Å². The molecule has 0 saturated carbocycles. The normalized spacial score (nSPS) is 10.6. The van der Waals surface area contributed by atoms with Crippen LogP contribution in [0.25, 0.3) is 0 Å². The van der Waals surface area contributed by atoms with E-state index < -0.39 is 5.97 Å². The van der Waals surface area contributed by atoms with E-state index in [1.165, 1.54) is 11.3 Å². The number of ether oxygens (including phenoxy) is 2. The van der Waals surface area contributed by atoms with E-state index in [-0.39, 0.29) is 24.6 Å². The van der Waals surface area contributed by atoms with E-state index in [1.54, 1.807) is 35.5 Å². The molecule has 4 rings (SSSR count). The van der Waals surface area contributed by atoms with Crippen molar-refractivity contribution in [3.05, 3.63) is 88.1 Å². The molecular formula is C23H21N5O4S. The van der Waals surface area contributed by atoms with Crippen molar-refractivity contribution in [2.24, 2.45) is 0 Å². The van der Waals surface area contributed by atoms with E-state index >= 15 is 0 Å². The maximum Gasteiger partial charge on any atom is 0.360 e. The van der Waals surface area contributed by atoms with Crippen molar-refractivity contribution in [1.82, 2.24) is 20.0 Å². The summed E-state index contributed by atoms with van der Waals surface area (Å²) in [5.74, 6) is -0.219. The quantitative estimate of drug-likeness (QED) is 0.379. The lowest BCUT2D eigenvalue weighted by atomic mass is 10.2. The fourth-order valence-corrected chi connectivity index (χ4v) is 3.81. The topological polar surface area (TPSA) is 108 Å². The van der Waals surface area contributed by atoms with Crippen molar-refractivity contribution in [3.8, 4) is 5.75 Å². The van der Waals surface area contributed by atoms with E-state index in [0.717, 1.165) is 5.56 Å². The lowest BCUT2D eigenvalue weighted by molar-refractivity contribution is -0.115. The molecule has 10 heteroatoms. The summed E-state index contributed by atoms with van der Waals surface area (Å²) in [6.07, 6.45) is 1.65. The first-order chi connectivity index (χ1) is 16.1. The number of esters is 1. The molecule has 168 valence electrons. The number of rotatable bonds is 9. The Bertz CT molecular complexity index is 1240. The summed E-state index contributed by atoms with van der Waals surface area (Å²) in [5.41, 5.74) is 2.32. The first-order valence-corrected chi connectivity index (χ1v) is 11.0. The molecule has 0 spiro atoms. The smallest absolute Gasteiger partial charge is 0.360 e. The summed E-state index contributed by atoms with van der Waals surface area (Å²) in [6.45, 7) is 0.489. The van der Waals surface area contributed by atoms with Gasteiger partial charge in [0.05, 0.1) is 37.7 Å². The summed E-state index contributed by atoms with van der Waals surface area (Å²) in [5, 5.41) is 13.0. The van der Waals surface area contributed by atoms with Crippen molar-refractivity contribution < 1.29 is 19.1 Å². The van der Waals surface area contributed by atoms with E-state index in [2.05, 4.69) is 20.6 Å². The Hall–Kier alpha value is -4.05. The minimum absolute atomic E-state index is 0.0188. The Morgan fingerprint density at radius 2 is 1.88 bits per heavy atom. The highest BCUT2D eigenvalue weighted by atomic mass is 32.1. The number of hydrogen-bond acceptors (Lipinski definition) is 8. The Morgan fingerprint density at radius 3 is 2.70 bits per heavy atom. The third kappa shape index (κ3) is 6.01. The van der Waals surface area contributed by atoms with E-state index in [9.17, 15) is 9.59 Å². The van der Waals surface area contributed by atoms with Crippen LogP contribution in [-0.2, 0) is 29.1 Å². The molecule has 0 aliphatic rings. The molecule has 0 saturated heterocycles. The number of para-hydroxylation sites is 2. The number of aromatic nitrogens is 4. The fraction of sp³-hybridized carbons (Fsp3) is 0.174. The van der Waals surface area contributed by atoms with Gasteiger partial charge in [-0.3, -0.25) is 4.79 Å². The van der Waals surface area contributed by atoms with Gasteiger partial charge in [-0.25, -0.2) is 14.5 Å². The molecule has 1 N–H and O–H groups in total. The molecule has 0 aliphatic heterocycles. The first-order valence-electron chi connectivity index (χ1n) is 10.1.